The number of fused-ring (bicyclic) bond motifs is 2. The second-order valence-electron chi connectivity index (χ2n) is 19.3. The van der Waals surface area contributed by atoms with E-state index in [0.29, 0.717) is 113 Å². The summed E-state index contributed by atoms with van der Waals surface area (Å²) in [4.78, 5) is 60.7. The number of amides is 2. The smallest absolute Gasteiger partial charge is 0.326 e. The second-order valence-corrected chi connectivity index (χ2v) is 21.4. The zero-order valence-corrected chi connectivity index (χ0v) is 50.1. The lowest BCUT2D eigenvalue weighted by molar-refractivity contribution is -0.141. The Balaban J connectivity index is 0.000000192. The van der Waals surface area contributed by atoms with Gasteiger partial charge in [-0.1, -0.05) is 86.6 Å². The molecule has 0 radical (unpaired) electrons. The minimum Gasteiger partial charge on any atom is -0.465 e. The highest BCUT2D eigenvalue weighted by molar-refractivity contribution is 9.09. The van der Waals surface area contributed by atoms with Crippen LogP contribution in [0.1, 0.15) is 62.3 Å². The van der Waals surface area contributed by atoms with E-state index in [2.05, 4.69) is 40.9 Å². The van der Waals surface area contributed by atoms with Crippen molar-refractivity contribution in [1.82, 2.24) is 29.4 Å². The third kappa shape index (κ3) is 13.7. The van der Waals surface area contributed by atoms with Crippen molar-refractivity contribution in [3.05, 3.63) is 174 Å². The van der Waals surface area contributed by atoms with Crippen molar-refractivity contribution in [2.45, 2.75) is 53.6 Å². The fraction of sp³-hybridized carbons (Fsp3) is 0.345. The van der Waals surface area contributed by atoms with Gasteiger partial charge in [-0.25, -0.2) is 18.1 Å². The molecule has 16 nitrogen and oxygen atoms in total. The number of carbonyl (C=O) groups is 4. The van der Waals surface area contributed by atoms with Crippen molar-refractivity contribution in [2.24, 2.45) is 0 Å². The van der Waals surface area contributed by atoms with E-state index in [1.807, 2.05) is 67.6 Å². The summed E-state index contributed by atoms with van der Waals surface area (Å²) in [6.07, 6.45) is 0. The Morgan fingerprint density at radius 2 is 1.05 bits per heavy atom. The highest BCUT2D eigenvalue weighted by atomic mass is 79.9. The van der Waals surface area contributed by atoms with E-state index in [-0.39, 0.29) is 42.6 Å². The minimum absolute atomic E-state index is 0.0661. The SMILES string of the molecule is CC1=C(C(=O)N2CCN(c3ccc(F)cc3)CC2)C(c2cccc(Cl)c2Cl)n2nc(C)cc2N1.CCOC(=O)CBr.CCOC(=O)CN1C(C)=C(C(=O)N2CCN(c3ccc(F)cc3)CC2)C(c2cccc(Cl)c2Cl)n2nc(C)cc21. The van der Waals surface area contributed by atoms with Gasteiger partial charge < -0.3 is 39.3 Å². The number of halogens is 7. The summed E-state index contributed by atoms with van der Waals surface area (Å²) >= 11 is 29.1. The summed E-state index contributed by atoms with van der Waals surface area (Å²) in [6, 6.07) is 26.2. The lowest BCUT2D eigenvalue weighted by Crippen LogP contribution is -2.51. The van der Waals surface area contributed by atoms with Gasteiger partial charge in [0.25, 0.3) is 11.8 Å². The molecule has 4 aliphatic heterocycles. The minimum atomic E-state index is -0.657. The number of allylic oxidation sites excluding steroid dienone is 2. The number of benzene rings is 4. The Morgan fingerprint density at radius 1 is 0.605 bits per heavy atom. The van der Waals surface area contributed by atoms with E-state index in [1.54, 1.807) is 70.8 Å². The topological polar surface area (TPSA) is 151 Å². The molecular weight excluding hydrogens is 1190 g/mol. The molecule has 0 bridgehead atoms. The first-order valence-electron chi connectivity index (χ1n) is 26.3. The monoisotopic (exact) mass is 1250 g/mol. The number of nitrogens with one attached hydrogen (secondary N) is 1. The molecule has 428 valence electrons. The number of aryl methyl sites for hydroxylation is 2. The summed E-state index contributed by atoms with van der Waals surface area (Å²) in [7, 11) is 0. The molecule has 2 fully saturated rings. The van der Waals surface area contributed by atoms with Crippen LogP contribution in [0.3, 0.4) is 0 Å². The number of rotatable bonds is 11. The third-order valence-corrected chi connectivity index (χ3v) is 16.2. The van der Waals surface area contributed by atoms with E-state index < -0.39 is 18.1 Å². The number of nitrogens with zero attached hydrogens (tertiary/aromatic N) is 9. The Bertz CT molecular complexity index is 3340. The molecule has 0 aliphatic carbocycles. The molecule has 4 aliphatic rings. The predicted octanol–water partition coefficient (Wildman–Crippen LogP) is 11.5. The van der Waals surface area contributed by atoms with Gasteiger partial charge in [0.15, 0.2) is 0 Å². The predicted molar refractivity (Wildman–Crippen MR) is 317 cm³/mol. The highest BCUT2D eigenvalue weighted by Gasteiger charge is 2.41. The summed E-state index contributed by atoms with van der Waals surface area (Å²) in [5.74, 6) is 0.0464. The summed E-state index contributed by atoms with van der Waals surface area (Å²) in [5.41, 5.74) is 7.21. The van der Waals surface area contributed by atoms with Gasteiger partial charge in [-0.15, -0.1) is 0 Å². The maximum Gasteiger partial charge on any atom is 0.326 e. The van der Waals surface area contributed by atoms with Crippen LogP contribution in [0.5, 0.6) is 0 Å². The number of hydrogen-bond acceptors (Lipinski definition) is 12. The molecule has 4 aromatic carbocycles. The Hall–Kier alpha value is -6.64. The first-order valence-corrected chi connectivity index (χ1v) is 28.9. The van der Waals surface area contributed by atoms with E-state index in [1.165, 1.54) is 24.3 Å². The highest BCUT2D eigenvalue weighted by Crippen LogP contribution is 2.45. The van der Waals surface area contributed by atoms with Crippen LogP contribution >= 0.6 is 62.3 Å². The quantitative estimate of drug-likeness (QED) is 0.0971. The Kier molecular flexibility index (Phi) is 20.1. The number of anilines is 4. The Morgan fingerprint density at radius 3 is 1.52 bits per heavy atom. The zero-order chi connectivity index (χ0) is 58.2. The van der Waals surface area contributed by atoms with E-state index >= 15 is 0 Å². The number of piperazine rings is 2. The zero-order valence-electron chi connectivity index (χ0n) is 45.5. The summed E-state index contributed by atoms with van der Waals surface area (Å²) < 4.78 is 40.0. The van der Waals surface area contributed by atoms with Gasteiger partial charge in [0, 0.05) is 98.4 Å². The maximum atomic E-state index is 14.3. The van der Waals surface area contributed by atoms with Crippen LogP contribution in [0, 0.1) is 25.5 Å². The lowest BCUT2D eigenvalue weighted by Gasteiger charge is -2.41. The number of ether oxygens (including phenoxy) is 2. The van der Waals surface area contributed by atoms with Crippen LogP contribution in [0.4, 0.5) is 31.8 Å². The molecule has 2 saturated heterocycles. The molecule has 0 spiro atoms. The van der Waals surface area contributed by atoms with Crippen molar-refractivity contribution in [3.8, 4) is 0 Å². The van der Waals surface area contributed by atoms with Gasteiger partial charge in [0.1, 0.15) is 47.2 Å². The maximum absolute atomic E-state index is 14.3. The van der Waals surface area contributed by atoms with E-state index in [9.17, 15) is 28.0 Å². The number of alkyl halides is 1. The largest absolute Gasteiger partial charge is 0.465 e. The van der Waals surface area contributed by atoms with Crippen LogP contribution < -0.4 is 20.0 Å². The number of esters is 2. The van der Waals surface area contributed by atoms with Crippen LogP contribution in [0.25, 0.3) is 0 Å². The molecule has 2 aromatic heterocycles. The fourth-order valence-electron chi connectivity index (χ4n) is 10.2. The molecule has 81 heavy (non-hydrogen) atoms. The van der Waals surface area contributed by atoms with Gasteiger partial charge in [-0.2, -0.15) is 10.2 Å². The molecule has 6 aromatic rings. The molecule has 0 saturated carbocycles. The summed E-state index contributed by atoms with van der Waals surface area (Å²) in [6.45, 7) is 16.2. The van der Waals surface area contributed by atoms with Crippen LogP contribution in [-0.4, -0.2) is 131 Å². The molecular formula is C58H61BrCl4F2N10O6. The van der Waals surface area contributed by atoms with E-state index in [0.717, 1.165) is 39.8 Å². The van der Waals surface area contributed by atoms with Crippen molar-refractivity contribution >= 4 is 109 Å². The average molecular weight is 1250 g/mol. The summed E-state index contributed by atoms with van der Waals surface area (Å²) in [5, 5.41) is 14.6. The molecule has 23 heteroatoms. The first-order chi connectivity index (χ1) is 38.8. The number of aromatic nitrogens is 4. The van der Waals surface area contributed by atoms with Gasteiger partial charge in [0.2, 0.25) is 0 Å². The van der Waals surface area contributed by atoms with Crippen molar-refractivity contribution < 1.29 is 37.4 Å². The molecule has 10 rings (SSSR count). The molecule has 2 atom stereocenters. The first kappa shape index (κ1) is 60.5. The normalized spacial score (nSPS) is 16.8. The van der Waals surface area contributed by atoms with Gasteiger partial charge in [-0.05, 0) is 102 Å². The van der Waals surface area contributed by atoms with Crippen molar-refractivity contribution in [1.29, 1.82) is 0 Å². The standard InChI is InChI=1S/C29H30Cl2FN5O3.C25H24Cl2FN5O.C4H7BrO2/c1-4-40-25(38)17-36-19(3)26(29(39)35-14-12-34(13-15-35)21-10-8-20(32)9-11-21)28(37-24(36)16-18(2)33-37)22-6-5-7-23(30)27(22)31;1-15-14-21-29-16(2)22(24(33(21)30-15)19-4-3-5-20(26)23(19)27)25(34)32-12-10-31(11-13-32)18-8-6-17(28)7-9-18;1-2-7-4(6)3-5/h5-11,16,28H,4,12-15,17H2,1-3H3;3-9,14,24,29H,10-13H2,1-2H3;2-3H2,1H3. The van der Waals surface area contributed by atoms with Crippen LogP contribution in [0.2, 0.25) is 20.1 Å². The number of hydrogen-bond donors (Lipinski definition) is 1. The molecule has 2 unspecified atom stereocenters. The van der Waals surface area contributed by atoms with Gasteiger partial charge in [0.05, 0.1) is 55.8 Å². The molecule has 1 N–H and O–H groups in total. The average Bonchev–Trinajstić information content (AvgIpc) is 4.04. The lowest BCUT2D eigenvalue weighted by atomic mass is 9.93. The van der Waals surface area contributed by atoms with Crippen molar-refractivity contribution in [2.75, 3.05) is 97.5 Å². The molecule has 2 amide bonds. The van der Waals surface area contributed by atoms with Crippen LogP contribution in [-0.2, 0) is 28.7 Å². The Labute approximate surface area is 497 Å². The third-order valence-electron chi connectivity index (χ3n) is 14.1. The van der Waals surface area contributed by atoms with Crippen LogP contribution in [0.15, 0.2) is 120 Å². The van der Waals surface area contributed by atoms with Gasteiger partial charge >= 0.3 is 11.9 Å². The molecule has 6 heterocycles. The van der Waals surface area contributed by atoms with E-state index in [4.69, 9.17) is 56.2 Å². The van der Waals surface area contributed by atoms with Gasteiger partial charge in [-0.3, -0.25) is 19.2 Å². The van der Waals surface area contributed by atoms with Crippen molar-refractivity contribution in [3.63, 3.8) is 0 Å². The second kappa shape index (κ2) is 27.0. The fourth-order valence-corrected chi connectivity index (χ4v) is 11.2. The number of carbonyl (C=O) groups excluding carboxylic acids is 4.